The van der Waals surface area contributed by atoms with Crippen LogP contribution in [-0.4, -0.2) is 37.6 Å². The molecule has 1 heterocycles. The van der Waals surface area contributed by atoms with E-state index in [4.69, 9.17) is 10.5 Å². The van der Waals surface area contributed by atoms with Crippen LogP contribution in [0.3, 0.4) is 0 Å². The van der Waals surface area contributed by atoms with E-state index in [-0.39, 0.29) is 11.5 Å². The van der Waals surface area contributed by atoms with Gasteiger partial charge in [-0.1, -0.05) is 0 Å². The van der Waals surface area contributed by atoms with Gasteiger partial charge in [-0.05, 0) is 37.4 Å². The van der Waals surface area contributed by atoms with E-state index in [9.17, 15) is 9.18 Å². The zero-order valence-electron chi connectivity index (χ0n) is 11.1. The second kappa shape index (κ2) is 6.02. The zero-order valence-corrected chi connectivity index (χ0v) is 11.1. The van der Waals surface area contributed by atoms with Crippen molar-refractivity contribution in [2.24, 2.45) is 11.7 Å². The van der Waals surface area contributed by atoms with Gasteiger partial charge in [0.05, 0.1) is 12.7 Å². The Morgan fingerprint density at radius 3 is 3.00 bits per heavy atom. The number of piperidine rings is 1. The standard InChI is InChI=1S/C14H19FN2O2/c1-19-11-4-5-12(13(15)7-11)14(18)17-6-2-3-10(8-16)9-17/h4-5,7,10H,2-3,6,8-9,16H2,1H3. The second-order valence-corrected chi connectivity index (χ2v) is 4.84. The number of halogens is 1. The van der Waals surface area contributed by atoms with Crippen molar-refractivity contribution in [3.05, 3.63) is 29.6 Å². The molecule has 0 aromatic heterocycles. The molecule has 19 heavy (non-hydrogen) atoms. The Hall–Kier alpha value is -1.62. The first-order chi connectivity index (χ1) is 9.15. The molecular formula is C14H19FN2O2. The average molecular weight is 266 g/mol. The van der Waals surface area contributed by atoms with Gasteiger partial charge in [-0.2, -0.15) is 0 Å². The number of nitrogens with two attached hydrogens (primary N) is 1. The Bertz CT molecular complexity index is 465. The molecule has 1 aliphatic heterocycles. The molecule has 0 aliphatic carbocycles. The molecule has 1 aromatic carbocycles. The Morgan fingerprint density at radius 1 is 1.58 bits per heavy atom. The van der Waals surface area contributed by atoms with E-state index in [0.717, 1.165) is 12.8 Å². The minimum absolute atomic E-state index is 0.0958. The van der Waals surface area contributed by atoms with Crippen molar-refractivity contribution in [3.8, 4) is 5.75 Å². The SMILES string of the molecule is COc1ccc(C(=O)N2CCCC(CN)C2)c(F)c1. The maximum Gasteiger partial charge on any atom is 0.256 e. The molecule has 1 aromatic rings. The van der Waals surface area contributed by atoms with Gasteiger partial charge >= 0.3 is 0 Å². The van der Waals surface area contributed by atoms with Gasteiger partial charge in [-0.3, -0.25) is 4.79 Å². The zero-order chi connectivity index (χ0) is 13.8. The molecule has 1 aliphatic rings. The van der Waals surface area contributed by atoms with Crippen molar-refractivity contribution in [2.75, 3.05) is 26.7 Å². The summed E-state index contributed by atoms with van der Waals surface area (Å²) in [5.74, 6) is -0.0796. The van der Waals surface area contributed by atoms with Crippen LogP contribution in [0, 0.1) is 11.7 Å². The highest BCUT2D eigenvalue weighted by Crippen LogP contribution is 2.21. The number of hydrogen-bond donors (Lipinski definition) is 1. The van der Waals surface area contributed by atoms with Gasteiger partial charge in [-0.15, -0.1) is 0 Å². The highest BCUT2D eigenvalue weighted by atomic mass is 19.1. The van der Waals surface area contributed by atoms with Crippen LogP contribution in [0.4, 0.5) is 4.39 Å². The quantitative estimate of drug-likeness (QED) is 0.905. The minimum Gasteiger partial charge on any atom is -0.497 e. The first-order valence-corrected chi connectivity index (χ1v) is 6.48. The van der Waals surface area contributed by atoms with Crippen LogP contribution >= 0.6 is 0 Å². The number of benzene rings is 1. The number of hydrogen-bond acceptors (Lipinski definition) is 3. The van der Waals surface area contributed by atoms with E-state index in [1.165, 1.54) is 19.2 Å². The van der Waals surface area contributed by atoms with Gasteiger partial charge in [0.1, 0.15) is 11.6 Å². The molecule has 1 amide bonds. The number of amides is 1. The second-order valence-electron chi connectivity index (χ2n) is 4.84. The summed E-state index contributed by atoms with van der Waals surface area (Å²) in [5.41, 5.74) is 5.74. The fraction of sp³-hybridized carbons (Fsp3) is 0.500. The van der Waals surface area contributed by atoms with Crippen LogP contribution < -0.4 is 10.5 Å². The van der Waals surface area contributed by atoms with Gasteiger partial charge in [-0.25, -0.2) is 4.39 Å². The van der Waals surface area contributed by atoms with Crippen LogP contribution in [0.25, 0.3) is 0 Å². The predicted octanol–water partition coefficient (Wildman–Crippen LogP) is 1.65. The molecule has 1 saturated heterocycles. The van der Waals surface area contributed by atoms with E-state index in [1.807, 2.05) is 0 Å². The van der Waals surface area contributed by atoms with E-state index in [2.05, 4.69) is 0 Å². The van der Waals surface area contributed by atoms with Gasteiger partial charge in [0, 0.05) is 19.2 Å². The van der Waals surface area contributed by atoms with Crippen LogP contribution in [0.5, 0.6) is 5.75 Å². The summed E-state index contributed by atoms with van der Waals surface area (Å²) in [7, 11) is 1.47. The predicted molar refractivity (Wildman–Crippen MR) is 70.6 cm³/mol. The average Bonchev–Trinajstić information content (AvgIpc) is 2.46. The van der Waals surface area contributed by atoms with E-state index in [1.54, 1.807) is 11.0 Å². The molecule has 0 bridgehead atoms. The molecule has 104 valence electrons. The number of likely N-dealkylation sites (tertiary alicyclic amines) is 1. The Labute approximate surface area is 112 Å². The van der Waals surface area contributed by atoms with Crippen molar-refractivity contribution >= 4 is 5.91 Å². The minimum atomic E-state index is -0.542. The first-order valence-electron chi connectivity index (χ1n) is 6.48. The van der Waals surface area contributed by atoms with Crippen LogP contribution in [-0.2, 0) is 0 Å². The molecule has 0 saturated carbocycles. The van der Waals surface area contributed by atoms with E-state index < -0.39 is 5.82 Å². The lowest BCUT2D eigenvalue weighted by Crippen LogP contribution is -2.42. The largest absolute Gasteiger partial charge is 0.497 e. The van der Waals surface area contributed by atoms with Gasteiger partial charge in [0.2, 0.25) is 0 Å². The smallest absolute Gasteiger partial charge is 0.256 e. The summed E-state index contributed by atoms with van der Waals surface area (Å²) in [6.07, 6.45) is 1.96. The van der Waals surface area contributed by atoms with Crippen LogP contribution in [0.1, 0.15) is 23.2 Å². The number of ether oxygens (including phenoxy) is 1. The van der Waals surface area contributed by atoms with Gasteiger partial charge in [0.15, 0.2) is 0 Å². The maximum absolute atomic E-state index is 13.9. The summed E-state index contributed by atoms with van der Waals surface area (Å²) >= 11 is 0. The number of carbonyl (C=O) groups is 1. The highest BCUT2D eigenvalue weighted by Gasteiger charge is 2.25. The van der Waals surface area contributed by atoms with Crippen LogP contribution in [0.2, 0.25) is 0 Å². The number of rotatable bonds is 3. The molecule has 0 radical (unpaired) electrons. The number of nitrogens with zero attached hydrogens (tertiary/aromatic N) is 1. The third-order valence-corrected chi connectivity index (χ3v) is 3.55. The van der Waals surface area contributed by atoms with Crippen molar-refractivity contribution in [1.29, 1.82) is 0 Å². The van der Waals surface area contributed by atoms with E-state index in [0.29, 0.717) is 31.3 Å². The molecule has 4 nitrogen and oxygen atoms in total. The Morgan fingerprint density at radius 2 is 2.37 bits per heavy atom. The number of carbonyl (C=O) groups excluding carboxylic acids is 1. The fourth-order valence-electron chi connectivity index (χ4n) is 2.41. The van der Waals surface area contributed by atoms with Crippen LogP contribution in [0.15, 0.2) is 18.2 Å². The van der Waals surface area contributed by atoms with Crippen molar-refractivity contribution in [3.63, 3.8) is 0 Å². The lowest BCUT2D eigenvalue weighted by Gasteiger charge is -2.32. The topological polar surface area (TPSA) is 55.6 Å². The van der Waals surface area contributed by atoms with Gasteiger partial charge in [0.25, 0.3) is 5.91 Å². The van der Waals surface area contributed by atoms with Crippen molar-refractivity contribution < 1.29 is 13.9 Å². The molecule has 2 N–H and O–H groups in total. The summed E-state index contributed by atoms with van der Waals surface area (Å²) in [4.78, 5) is 14.0. The molecule has 5 heteroatoms. The Balaban J connectivity index is 2.15. The lowest BCUT2D eigenvalue weighted by atomic mass is 9.97. The molecule has 2 rings (SSSR count). The molecule has 1 unspecified atom stereocenters. The fourth-order valence-corrected chi connectivity index (χ4v) is 2.41. The maximum atomic E-state index is 13.9. The normalized spacial score (nSPS) is 19.3. The molecule has 1 atom stereocenters. The van der Waals surface area contributed by atoms with Crippen molar-refractivity contribution in [2.45, 2.75) is 12.8 Å². The summed E-state index contributed by atoms with van der Waals surface area (Å²) in [6.45, 7) is 1.84. The Kier molecular flexibility index (Phi) is 4.37. The monoisotopic (exact) mass is 266 g/mol. The number of methoxy groups -OCH3 is 1. The summed E-state index contributed by atoms with van der Waals surface area (Å²) in [5, 5.41) is 0. The lowest BCUT2D eigenvalue weighted by molar-refractivity contribution is 0.0673. The summed E-state index contributed by atoms with van der Waals surface area (Å²) in [6, 6.07) is 4.31. The molecular weight excluding hydrogens is 247 g/mol. The highest BCUT2D eigenvalue weighted by molar-refractivity contribution is 5.94. The third kappa shape index (κ3) is 3.04. The molecule has 0 spiro atoms. The summed E-state index contributed by atoms with van der Waals surface area (Å²) < 4.78 is 18.8. The molecule has 1 fully saturated rings. The van der Waals surface area contributed by atoms with Gasteiger partial charge < -0.3 is 15.4 Å². The third-order valence-electron chi connectivity index (χ3n) is 3.55. The van der Waals surface area contributed by atoms with Crippen molar-refractivity contribution in [1.82, 2.24) is 4.90 Å². The van der Waals surface area contributed by atoms with E-state index >= 15 is 0 Å². The first kappa shape index (κ1) is 13.8.